The predicted molar refractivity (Wildman–Crippen MR) is 70.1 cm³/mol. The lowest BCUT2D eigenvalue weighted by atomic mass is 10.3. The van der Waals surface area contributed by atoms with Crippen molar-refractivity contribution in [3.8, 4) is 11.8 Å². The fraction of sp³-hybridized carbons (Fsp3) is 0.154. The van der Waals surface area contributed by atoms with Gasteiger partial charge in [-0.1, -0.05) is 18.2 Å². The van der Waals surface area contributed by atoms with E-state index in [2.05, 4.69) is 16.2 Å². The lowest BCUT2D eigenvalue weighted by Crippen LogP contribution is -2.07. The molecule has 1 aromatic carbocycles. The van der Waals surface area contributed by atoms with Crippen molar-refractivity contribution in [1.82, 2.24) is 14.7 Å². The monoisotopic (exact) mass is 239 g/mol. The number of para-hydroxylation sites is 1. The minimum atomic E-state index is 0.456. The van der Waals surface area contributed by atoms with Crippen LogP contribution in [0.3, 0.4) is 0 Å². The number of aromatic nitrogens is 2. The number of nitrogens with zero attached hydrogens (tertiary/aromatic N) is 5. The van der Waals surface area contributed by atoms with Crippen LogP contribution in [0.25, 0.3) is 5.69 Å². The molecule has 0 aliphatic rings. The molecule has 0 aliphatic carbocycles. The van der Waals surface area contributed by atoms with Crippen LogP contribution in [-0.2, 0) is 0 Å². The first-order valence-electron chi connectivity index (χ1n) is 5.46. The zero-order valence-electron chi connectivity index (χ0n) is 10.3. The Hall–Kier alpha value is -2.61. The van der Waals surface area contributed by atoms with E-state index in [1.165, 1.54) is 6.20 Å². The van der Waals surface area contributed by atoms with E-state index >= 15 is 0 Å². The zero-order valence-corrected chi connectivity index (χ0v) is 10.3. The molecule has 0 saturated carbocycles. The van der Waals surface area contributed by atoms with E-state index in [0.717, 1.165) is 5.69 Å². The molecule has 0 spiro atoms. The summed E-state index contributed by atoms with van der Waals surface area (Å²) in [6.45, 7) is 0. The van der Waals surface area contributed by atoms with Crippen molar-refractivity contribution in [3.05, 3.63) is 42.1 Å². The maximum atomic E-state index is 9.05. The maximum Gasteiger partial charge on any atom is 0.175 e. The molecule has 5 nitrogen and oxygen atoms in total. The van der Waals surface area contributed by atoms with Crippen molar-refractivity contribution in [2.45, 2.75) is 0 Å². The average Bonchev–Trinajstić information content (AvgIpc) is 2.80. The predicted octanol–water partition coefficient (Wildman–Crippen LogP) is 1.97. The Kier molecular flexibility index (Phi) is 3.39. The minimum absolute atomic E-state index is 0.456. The molecule has 1 heterocycles. The molecule has 0 amide bonds. The minimum Gasteiger partial charge on any atom is -0.369 e. The summed E-state index contributed by atoms with van der Waals surface area (Å²) in [6.07, 6.45) is 3.17. The molecule has 0 aliphatic heterocycles. The summed E-state index contributed by atoms with van der Waals surface area (Å²) in [5.74, 6) is 0.539. The van der Waals surface area contributed by atoms with E-state index < -0.39 is 0 Å². The molecule has 0 bridgehead atoms. The normalized spacial score (nSPS) is 10.5. The Morgan fingerprint density at radius 2 is 2.06 bits per heavy atom. The Morgan fingerprint density at radius 1 is 1.33 bits per heavy atom. The number of benzene rings is 1. The molecular formula is C13H13N5. The first kappa shape index (κ1) is 11.9. The van der Waals surface area contributed by atoms with Crippen molar-refractivity contribution in [2.75, 3.05) is 14.1 Å². The molecule has 0 radical (unpaired) electrons. The maximum absolute atomic E-state index is 9.05. The third-order valence-electron chi connectivity index (χ3n) is 2.28. The molecule has 0 fully saturated rings. The van der Waals surface area contributed by atoms with E-state index in [-0.39, 0.29) is 0 Å². The first-order valence-corrected chi connectivity index (χ1v) is 5.46. The number of hydrogen-bond donors (Lipinski definition) is 0. The lowest BCUT2D eigenvalue weighted by Gasteiger charge is -2.05. The lowest BCUT2D eigenvalue weighted by molar-refractivity contribution is 0.642. The van der Waals surface area contributed by atoms with Crippen molar-refractivity contribution < 1.29 is 0 Å². The largest absolute Gasteiger partial charge is 0.369 e. The fourth-order valence-corrected chi connectivity index (χ4v) is 1.47. The number of nitriles is 1. The van der Waals surface area contributed by atoms with Gasteiger partial charge in [-0.05, 0) is 12.1 Å². The van der Waals surface area contributed by atoms with Gasteiger partial charge in [0.25, 0.3) is 0 Å². The molecular weight excluding hydrogens is 226 g/mol. The van der Waals surface area contributed by atoms with Crippen molar-refractivity contribution in [3.63, 3.8) is 0 Å². The van der Waals surface area contributed by atoms with Gasteiger partial charge in [0.1, 0.15) is 11.6 Å². The Labute approximate surface area is 106 Å². The van der Waals surface area contributed by atoms with E-state index in [1.807, 2.05) is 49.3 Å². The molecule has 1 aromatic heterocycles. The van der Waals surface area contributed by atoms with Crippen LogP contribution in [-0.4, -0.2) is 35.1 Å². The fourth-order valence-electron chi connectivity index (χ4n) is 1.47. The first-order chi connectivity index (χ1) is 8.72. The van der Waals surface area contributed by atoms with Crippen molar-refractivity contribution in [2.24, 2.45) is 4.99 Å². The Morgan fingerprint density at radius 3 is 2.67 bits per heavy atom. The zero-order chi connectivity index (χ0) is 13.0. The molecule has 2 rings (SSSR count). The van der Waals surface area contributed by atoms with Crippen LogP contribution in [0.15, 0.2) is 41.5 Å². The molecule has 0 N–H and O–H groups in total. The van der Waals surface area contributed by atoms with Crippen LogP contribution in [0.5, 0.6) is 0 Å². The summed E-state index contributed by atoms with van der Waals surface area (Å²) in [5.41, 5.74) is 1.34. The quantitative estimate of drug-likeness (QED) is 0.607. The van der Waals surface area contributed by atoms with Gasteiger partial charge in [0.15, 0.2) is 5.82 Å². The van der Waals surface area contributed by atoms with E-state index in [4.69, 9.17) is 5.26 Å². The SMILES string of the molecule is CN(C)/C=N/c1c(C#N)cnn1-c1ccccc1. The molecule has 18 heavy (non-hydrogen) atoms. The molecule has 0 atom stereocenters. The van der Waals surface area contributed by atoms with Gasteiger partial charge in [0.05, 0.1) is 18.2 Å². The van der Waals surface area contributed by atoms with Crippen LogP contribution >= 0.6 is 0 Å². The van der Waals surface area contributed by atoms with Crippen molar-refractivity contribution in [1.29, 1.82) is 5.26 Å². The molecule has 5 heteroatoms. The summed E-state index contributed by atoms with van der Waals surface area (Å²) in [4.78, 5) is 6.10. The van der Waals surface area contributed by atoms with Gasteiger partial charge < -0.3 is 4.90 Å². The Bertz CT molecular complexity index is 590. The van der Waals surface area contributed by atoms with Gasteiger partial charge in [-0.25, -0.2) is 9.67 Å². The number of rotatable bonds is 3. The highest BCUT2D eigenvalue weighted by Crippen LogP contribution is 2.21. The smallest absolute Gasteiger partial charge is 0.175 e. The number of hydrogen-bond acceptors (Lipinski definition) is 3. The Balaban J connectivity index is 2.50. The standard InChI is InChI=1S/C13H13N5/c1-17(2)10-15-13-11(8-14)9-16-18(13)12-6-4-3-5-7-12/h3-7,9-10H,1-2H3/b15-10+. The van der Waals surface area contributed by atoms with E-state index in [9.17, 15) is 0 Å². The van der Waals surface area contributed by atoms with Gasteiger partial charge >= 0.3 is 0 Å². The summed E-state index contributed by atoms with van der Waals surface area (Å²) in [6, 6.07) is 11.7. The highest BCUT2D eigenvalue weighted by atomic mass is 15.3. The van der Waals surface area contributed by atoms with Crippen LogP contribution in [0.2, 0.25) is 0 Å². The van der Waals surface area contributed by atoms with Gasteiger partial charge in [0.2, 0.25) is 0 Å². The summed E-state index contributed by atoms with van der Waals surface area (Å²) >= 11 is 0. The second-order valence-corrected chi connectivity index (χ2v) is 3.95. The molecule has 2 aromatic rings. The molecule has 0 saturated heterocycles. The van der Waals surface area contributed by atoms with Gasteiger partial charge in [-0.3, -0.25) is 0 Å². The van der Waals surface area contributed by atoms with Crippen molar-refractivity contribution >= 4 is 12.2 Å². The van der Waals surface area contributed by atoms with E-state index in [0.29, 0.717) is 11.4 Å². The summed E-state index contributed by atoms with van der Waals surface area (Å²) in [7, 11) is 3.75. The third kappa shape index (κ3) is 2.38. The van der Waals surface area contributed by atoms with Gasteiger partial charge in [-0.15, -0.1) is 0 Å². The molecule has 0 unspecified atom stereocenters. The van der Waals surface area contributed by atoms with Gasteiger partial charge in [0, 0.05) is 14.1 Å². The van der Waals surface area contributed by atoms with Crippen LogP contribution in [0.1, 0.15) is 5.56 Å². The number of aliphatic imine (C=N–C) groups is 1. The van der Waals surface area contributed by atoms with E-state index in [1.54, 1.807) is 11.0 Å². The molecule has 90 valence electrons. The van der Waals surface area contributed by atoms with Gasteiger partial charge in [-0.2, -0.15) is 10.4 Å². The van der Waals surface area contributed by atoms with Crippen LogP contribution in [0, 0.1) is 11.3 Å². The van der Waals surface area contributed by atoms with Crippen LogP contribution in [0.4, 0.5) is 5.82 Å². The topological polar surface area (TPSA) is 57.2 Å². The highest BCUT2D eigenvalue weighted by Gasteiger charge is 2.10. The third-order valence-corrected chi connectivity index (χ3v) is 2.28. The second kappa shape index (κ2) is 5.15. The van der Waals surface area contributed by atoms with Crippen LogP contribution < -0.4 is 0 Å². The second-order valence-electron chi connectivity index (χ2n) is 3.95. The highest BCUT2D eigenvalue weighted by molar-refractivity contribution is 5.63. The average molecular weight is 239 g/mol. The summed E-state index contributed by atoms with van der Waals surface area (Å²) < 4.78 is 1.65. The summed E-state index contributed by atoms with van der Waals surface area (Å²) in [5, 5.41) is 13.3.